The molecule has 1 heterocycles. The fraction of sp³-hybridized carbons (Fsp3) is 0.375. The summed E-state index contributed by atoms with van der Waals surface area (Å²) >= 11 is 1.44. The van der Waals surface area contributed by atoms with Gasteiger partial charge in [0.25, 0.3) is 0 Å². The number of aromatic carboxylic acids is 1. The van der Waals surface area contributed by atoms with Crippen LogP contribution in [0, 0.1) is 0 Å². The molecule has 5 nitrogen and oxygen atoms in total. The van der Waals surface area contributed by atoms with Gasteiger partial charge >= 0.3 is 5.97 Å². The van der Waals surface area contributed by atoms with Gasteiger partial charge in [0.1, 0.15) is 5.03 Å². The molecule has 0 aliphatic heterocycles. The maximum absolute atomic E-state index is 10.4. The van der Waals surface area contributed by atoms with Crippen LogP contribution in [0.4, 0.5) is 0 Å². The third kappa shape index (κ3) is 3.31. The molecule has 0 amide bonds. The number of rotatable bonds is 5. The monoisotopic (exact) mass is 214 g/mol. The number of aliphatic hydroxyl groups is 1. The van der Waals surface area contributed by atoms with Crippen LogP contribution in [0.5, 0.6) is 0 Å². The lowest BCUT2D eigenvalue weighted by Gasteiger charge is -1.98. The van der Waals surface area contributed by atoms with Crippen molar-refractivity contribution in [3.8, 4) is 0 Å². The Labute approximate surface area is 85.2 Å². The maximum atomic E-state index is 10.4. The summed E-state index contributed by atoms with van der Waals surface area (Å²) in [6, 6.07) is 3.02. The van der Waals surface area contributed by atoms with Gasteiger partial charge in [-0.05, 0) is 18.6 Å². The van der Waals surface area contributed by atoms with Crippen LogP contribution in [0.15, 0.2) is 17.2 Å². The molecule has 0 saturated carbocycles. The SMILES string of the molecule is O=C(O)c1ccc(SCCCO)nn1. The van der Waals surface area contributed by atoms with Gasteiger partial charge < -0.3 is 10.2 Å². The molecule has 0 saturated heterocycles. The number of carbonyl (C=O) groups is 1. The van der Waals surface area contributed by atoms with Gasteiger partial charge in [-0.25, -0.2) is 4.79 Å². The number of thioether (sulfide) groups is 1. The molecule has 1 aromatic rings. The van der Waals surface area contributed by atoms with E-state index in [4.69, 9.17) is 10.2 Å². The molecule has 0 radical (unpaired) electrons. The lowest BCUT2D eigenvalue weighted by Crippen LogP contribution is -2.01. The molecule has 0 aliphatic carbocycles. The van der Waals surface area contributed by atoms with Crippen molar-refractivity contribution in [3.05, 3.63) is 17.8 Å². The van der Waals surface area contributed by atoms with E-state index in [-0.39, 0.29) is 12.3 Å². The lowest BCUT2D eigenvalue weighted by molar-refractivity contribution is 0.0689. The quantitative estimate of drug-likeness (QED) is 0.553. The summed E-state index contributed by atoms with van der Waals surface area (Å²) in [4.78, 5) is 10.4. The number of hydrogen-bond donors (Lipinski definition) is 2. The maximum Gasteiger partial charge on any atom is 0.356 e. The van der Waals surface area contributed by atoms with Crippen molar-refractivity contribution in [2.45, 2.75) is 11.4 Å². The van der Waals surface area contributed by atoms with Crippen LogP contribution in [-0.2, 0) is 0 Å². The fourth-order valence-corrected chi connectivity index (χ4v) is 1.50. The van der Waals surface area contributed by atoms with E-state index >= 15 is 0 Å². The van der Waals surface area contributed by atoms with Gasteiger partial charge in [0.15, 0.2) is 5.69 Å². The van der Waals surface area contributed by atoms with E-state index in [0.29, 0.717) is 11.4 Å². The Balaban J connectivity index is 2.51. The number of aliphatic hydroxyl groups excluding tert-OH is 1. The highest BCUT2D eigenvalue weighted by Crippen LogP contribution is 2.14. The van der Waals surface area contributed by atoms with E-state index in [9.17, 15) is 4.79 Å². The summed E-state index contributed by atoms with van der Waals surface area (Å²) in [7, 11) is 0. The van der Waals surface area contributed by atoms with Crippen LogP contribution in [0.1, 0.15) is 16.9 Å². The van der Waals surface area contributed by atoms with Crippen molar-refractivity contribution in [2.75, 3.05) is 12.4 Å². The molecule has 2 N–H and O–H groups in total. The first-order valence-corrected chi connectivity index (χ1v) is 5.03. The van der Waals surface area contributed by atoms with Crippen LogP contribution in [0.2, 0.25) is 0 Å². The van der Waals surface area contributed by atoms with Gasteiger partial charge in [0.05, 0.1) is 0 Å². The molecule has 14 heavy (non-hydrogen) atoms. The molecule has 76 valence electrons. The van der Waals surface area contributed by atoms with Gasteiger partial charge in [-0.3, -0.25) is 0 Å². The molecular weight excluding hydrogens is 204 g/mol. The number of hydrogen-bond acceptors (Lipinski definition) is 5. The number of nitrogens with zero attached hydrogens (tertiary/aromatic N) is 2. The van der Waals surface area contributed by atoms with Gasteiger partial charge in [-0.1, -0.05) is 0 Å². The third-order valence-corrected chi connectivity index (χ3v) is 2.42. The van der Waals surface area contributed by atoms with E-state index in [2.05, 4.69) is 10.2 Å². The van der Waals surface area contributed by atoms with E-state index in [1.807, 2.05) is 0 Å². The Morgan fingerprint density at radius 1 is 1.43 bits per heavy atom. The highest BCUT2D eigenvalue weighted by Gasteiger charge is 2.04. The summed E-state index contributed by atoms with van der Waals surface area (Å²) in [5, 5.41) is 25.0. The highest BCUT2D eigenvalue weighted by molar-refractivity contribution is 7.99. The van der Waals surface area contributed by atoms with E-state index in [1.165, 1.54) is 17.8 Å². The second kappa shape index (κ2) is 5.56. The summed E-state index contributed by atoms with van der Waals surface area (Å²) in [6.07, 6.45) is 0.688. The van der Waals surface area contributed by atoms with Crippen molar-refractivity contribution in [1.82, 2.24) is 10.2 Å². The average Bonchev–Trinajstić information content (AvgIpc) is 2.19. The summed E-state index contributed by atoms with van der Waals surface area (Å²) in [5.74, 6) is -0.332. The Bertz CT molecular complexity index is 302. The van der Waals surface area contributed by atoms with Crippen LogP contribution < -0.4 is 0 Å². The molecule has 0 fully saturated rings. The van der Waals surface area contributed by atoms with Gasteiger partial charge in [-0.15, -0.1) is 22.0 Å². The van der Waals surface area contributed by atoms with Crippen molar-refractivity contribution >= 4 is 17.7 Å². The van der Waals surface area contributed by atoms with Gasteiger partial charge in [0, 0.05) is 12.4 Å². The standard InChI is InChI=1S/C8H10N2O3S/c11-4-1-5-14-7-3-2-6(8(12)13)9-10-7/h2-3,11H,1,4-5H2,(H,12,13). The zero-order chi connectivity index (χ0) is 10.4. The van der Waals surface area contributed by atoms with Gasteiger partial charge in [0.2, 0.25) is 0 Å². The van der Waals surface area contributed by atoms with Crippen molar-refractivity contribution in [2.24, 2.45) is 0 Å². The predicted octanol–water partition coefficient (Wildman–Crippen LogP) is 0.649. The zero-order valence-corrected chi connectivity index (χ0v) is 8.20. The first-order chi connectivity index (χ1) is 6.74. The molecule has 6 heteroatoms. The molecule has 1 rings (SSSR count). The molecule has 1 aromatic heterocycles. The second-order valence-electron chi connectivity index (χ2n) is 2.49. The number of carboxylic acids is 1. The van der Waals surface area contributed by atoms with Crippen molar-refractivity contribution in [1.29, 1.82) is 0 Å². The predicted molar refractivity (Wildman–Crippen MR) is 51.4 cm³/mol. The molecule has 0 atom stereocenters. The van der Waals surface area contributed by atoms with Gasteiger partial charge in [-0.2, -0.15) is 0 Å². The summed E-state index contributed by atoms with van der Waals surface area (Å²) in [6.45, 7) is 0.146. The van der Waals surface area contributed by atoms with E-state index < -0.39 is 5.97 Å². The minimum Gasteiger partial charge on any atom is -0.476 e. The van der Waals surface area contributed by atoms with Crippen LogP contribution >= 0.6 is 11.8 Å². The largest absolute Gasteiger partial charge is 0.476 e. The minimum absolute atomic E-state index is 0.0588. The second-order valence-corrected chi connectivity index (χ2v) is 3.60. The first kappa shape index (κ1) is 10.9. The van der Waals surface area contributed by atoms with Crippen LogP contribution in [-0.4, -0.2) is 38.7 Å². The molecule has 0 bridgehead atoms. The topological polar surface area (TPSA) is 83.3 Å². The summed E-state index contributed by atoms with van der Waals surface area (Å²) < 4.78 is 0. The average molecular weight is 214 g/mol. The Morgan fingerprint density at radius 3 is 2.71 bits per heavy atom. The zero-order valence-electron chi connectivity index (χ0n) is 7.38. The van der Waals surface area contributed by atoms with E-state index in [0.717, 1.165) is 5.75 Å². The molecular formula is C8H10N2O3S. The molecule has 0 spiro atoms. The fourth-order valence-electron chi connectivity index (χ4n) is 0.752. The molecule has 0 unspecified atom stereocenters. The Morgan fingerprint density at radius 2 is 2.21 bits per heavy atom. The molecule has 0 aliphatic rings. The lowest BCUT2D eigenvalue weighted by atomic mass is 10.4. The van der Waals surface area contributed by atoms with Crippen LogP contribution in [0.3, 0.4) is 0 Å². The van der Waals surface area contributed by atoms with Crippen molar-refractivity contribution < 1.29 is 15.0 Å². The first-order valence-electron chi connectivity index (χ1n) is 4.04. The van der Waals surface area contributed by atoms with Crippen molar-refractivity contribution in [3.63, 3.8) is 0 Å². The Hall–Kier alpha value is -1.14. The normalized spacial score (nSPS) is 10.1. The van der Waals surface area contributed by atoms with E-state index in [1.54, 1.807) is 6.07 Å². The number of aromatic nitrogens is 2. The summed E-state index contributed by atoms with van der Waals surface area (Å²) in [5.41, 5.74) is -0.0588. The smallest absolute Gasteiger partial charge is 0.356 e. The highest BCUT2D eigenvalue weighted by atomic mass is 32.2. The van der Waals surface area contributed by atoms with Crippen LogP contribution in [0.25, 0.3) is 0 Å². The number of carboxylic acid groups (broad SMARTS) is 1. The molecule has 0 aromatic carbocycles. The minimum atomic E-state index is -1.08. The third-order valence-electron chi connectivity index (χ3n) is 1.41. The Kier molecular flexibility index (Phi) is 4.34.